The molecule has 27 heavy (non-hydrogen) atoms. The zero-order chi connectivity index (χ0) is 21.6. The Morgan fingerprint density at radius 2 is 2.19 bits per heavy atom. The van der Waals surface area contributed by atoms with Crippen LogP contribution in [0.3, 0.4) is 0 Å². The van der Waals surface area contributed by atoms with E-state index in [0.717, 1.165) is 0 Å². The number of hydrogen-bond donors (Lipinski definition) is 1. The van der Waals surface area contributed by atoms with E-state index in [-0.39, 0.29) is 18.8 Å². The van der Waals surface area contributed by atoms with Crippen molar-refractivity contribution in [2.45, 2.75) is 45.8 Å². The third-order valence-electron chi connectivity index (χ3n) is 4.27. The maximum Gasteiger partial charge on any atom is 0.306 e. The van der Waals surface area contributed by atoms with Crippen molar-refractivity contribution in [1.29, 1.82) is 0 Å². The van der Waals surface area contributed by atoms with Crippen LogP contribution >= 0.6 is 11.6 Å². The van der Waals surface area contributed by atoms with Gasteiger partial charge in [0.2, 0.25) is 0 Å². The van der Waals surface area contributed by atoms with E-state index in [2.05, 4.69) is 0 Å². The molecule has 1 unspecified atom stereocenters. The molecule has 1 atom stereocenters. The molecule has 1 aliphatic rings. The first kappa shape index (κ1) is 16.9. The second-order valence-electron chi connectivity index (χ2n) is 7.18. The van der Waals surface area contributed by atoms with Crippen molar-refractivity contribution in [1.82, 2.24) is 0 Å². The minimum absolute atomic E-state index is 0.00530. The molecule has 0 spiro atoms. The Hall–Kier alpha value is -2.27. The van der Waals surface area contributed by atoms with Gasteiger partial charge in [-0.1, -0.05) is 24.6 Å². The van der Waals surface area contributed by atoms with Crippen LogP contribution in [0.4, 0.5) is 4.39 Å². The fourth-order valence-corrected chi connectivity index (χ4v) is 3.20. The first-order valence-electron chi connectivity index (χ1n) is 9.58. The molecule has 2 aromatic rings. The van der Waals surface area contributed by atoms with E-state index < -0.39 is 29.7 Å². The van der Waals surface area contributed by atoms with Crippen molar-refractivity contribution in [2.24, 2.45) is 5.92 Å². The van der Waals surface area contributed by atoms with Gasteiger partial charge in [0.1, 0.15) is 18.0 Å². The lowest BCUT2D eigenvalue weighted by Crippen LogP contribution is -2.25. The number of halogens is 2. The number of carbonyl (C=O) groups is 1. The molecule has 0 saturated heterocycles. The van der Waals surface area contributed by atoms with Crippen molar-refractivity contribution in [3.63, 3.8) is 0 Å². The highest BCUT2D eigenvalue weighted by molar-refractivity contribution is 6.30. The predicted molar refractivity (Wildman–Crippen MR) is 101 cm³/mol. The molecule has 0 bridgehead atoms. The van der Waals surface area contributed by atoms with Gasteiger partial charge in [0, 0.05) is 19.7 Å². The molecule has 1 heterocycles. The molecule has 0 aromatic heterocycles. The Morgan fingerprint density at radius 3 is 2.85 bits per heavy atom. The molecule has 144 valence electrons. The summed E-state index contributed by atoms with van der Waals surface area (Å²) < 4.78 is 42.5. The quantitative estimate of drug-likeness (QED) is 0.746. The van der Waals surface area contributed by atoms with Crippen LogP contribution in [-0.2, 0) is 24.2 Å². The fourth-order valence-electron chi connectivity index (χ4n) is 2.96. The Bertz CT molecular complexity index is 962. The molecule has 0 aliphatic carbocycles. The zero-order valence-corrected chi connectivity index (χ0v) is 16.1. The summed E-state index contributed by atoms with van der Waals surface area (Å²) in [7, 11) is 0. The number of hydrogen-bond acceptors (Lipinski definition) is 3. The van der Waals surface area contributed by atoms with Gasteiger partial charge in [0.25, 0.3) is 0 Å². The summed E-state index contributed by atoms with van der Waals surface area (Å²) in [6.07, 6.45) is -1.53. The molecule has 0 amide bonds. The second kappa shape index (κ2) is 7.39. The molecule has 3 rings (SSSR count). The fraction of sp³-hybridized carbons (Fsp3) is 0.381. The predicted octanol–water partition coefficient (Wildman–Crippen LogP) is 5.03. The summed E-state index contributed by atoms with van der Waals surface area (Å²) in [5.74, 6) is -1.80. The van der Waals surface area contributed by atoms with Gasteiger partial charge in [-0.2, -0.15) is 0 Å². The first-order chi connectivity index (χ1) is 13.4. The number of carboxylic acid groups (broad SMARTS) is 1. The van der Waals surface area contributed by atoms with Crippen molar-refractivity contribution < 1.29 is 26.5 Å². The number of ether oxygens (including phenoxy) is 2. The summed E-state index contributed by atoms with van der Waals surface area (Å²) >= 11 is 6.16. The Morgan fingerprint density at radius 1 is 1.44 bits per heavy atom. The Labute approximate surface area is 165 Å². The number of rotatable bonds is 6. The molecule has 1 N–H and O–H groups in total. The van der Waals surface area contributed by atoms with Crippen LogP contribution in [0.5, 0.6) is 11.5 Å². The second-order valence-corrected chi connectivity index (χ2v) is 7.61. The van der Waals surface area contributed by atoms with Gasteiger partial charge >= 0.3 is 5.97 Å². The average Bonchev–Trinajstić information content (AvgIpc) is 2.79. The first-order valence-corrected chi connectivity index (χ1v) is 8.96. The van der Waals surface area contributed by atoms with Crippen molar-refractivity contribution in [3.05, 3.63) is 57.9 Å². The smallest absolute Gasteiger partial charge is 0.306 e. The normalized spacial score (nSPS) is 18.7. The lowest BCUT2D eigenvalue weighted by molar-refractivity contribution is -0.141. The number of fused-ring (bicyclic) bond motifs is 1. The summed E-state index contributed by atoms with van der Waals surface area (Å²) in [6.45, 7) is 4.81. The summed E-state index contributed by atoms with van der Waals surface area (Å²) in [6, 6.07) is 7.48. The van der Waals surface area contributed by atoms with Crippen molar-refractivity contribution in [2.75, 3.05) is 0 Å². The largest absolute Gasteiger partial charge is 0.487 e. The van der Waals surface area contributed by atoms with E-state index in [4.69, 9.17) is 28.9 Å². The third-order valence-corrected chi connectivity index (χ3v) is 4.48. The van der Waals surface area contributed by atoms with Crippen LogP contribution < -0.4 is 9.47 Å². The Kier molecular flexibility index (Phi) is 4.62. The molecule has 0 fully saturated rings. The van der Waals surface area contributed by atoms with Gasteiger partial charge < -0.3 is 14.6 Å². The molecule has 1 aliphatic heterocycles. The van der Waals surface area contributed by atoms with E-state index in [1.807, 2.05) is 0 Å². The van der Waals surface area contributed by atoms with Crippen LogP contribution in [-0.4, -0.2) is 16.7 Å². The zero-order valence-electron chi connectivity index (χ0n) is 17.3. The summed E-state index contributed by atoms with van der Waals surface area (Å²) in [5, 5.41) is 9.32. The van der Waals surface area contributed by atoms with Crippen LogP contribution in [0.1, 0.15) is 40.2 Å². The standard InChI is InChI=1S/C21H22ClFO4/c1-12(20(24)25)6-13-4-5-18(17(23)7-13)26-11-15-9-16(22)8-14-10-21(2,3)27-19(14)15/h4-5,7-9,12H,6,10-11H2,1-3H3,(H,24,25)/i10D2. The number of carboxylic acids is 1. The van der Waals surface area contributed by atoms with E-state index in [1.165, 1.54) is 18.2 Å². The van der Waals surface area contributed by atoms with Gasteiger partial charge in [-0.3, -0.25) is 4.79 Å². The molecule has 4 nitrogen and oxygen atoms in total. The van der Waals surface area contributed by atoms with Gasteiger partial charge in [0.15, 0.2) is 11.6 Å². The van der Waals surface area contributed by atoms with Gasteiger partial charge in [0.05, 0.1) is 5.92 Å². The monoisotopic (exact) mass is 394 g/mol. The van der Waals surface area contributed by atoms with Crippen molar-refractivity contribution >= 4 is 17.6 Å². The SMILES string of the molecule is [2H]C1([2H])c2cc(Cl)cc(COc3ccc(CC(C)C(=O)O)cc3F)c2OC1(C)C. The molecular formula is C21H22ClFO4. The van der Waals surface area contributed by atoms with Crippen LogP contribution in [0.25, 0.3) is 0 Å². The summed E-state index contributed by atoms with van der Waals surface area (Å²) in [4.78, 5) is 11.0. The average molecular weight is 395 g/mol. The topological polar surface area (TPSA) is 55.8 Å². The Balaban J connectivity index is 1.81. The molecule has 0 saturated carbocycles. The minimum Gasteiger partial charge on any atom is -0.487 e. The van der Waals surface area contributed by atoms with Crippen LogP contribution in [0.2, 0.25) is 5.02 Å². The van der Waals surface area contributed by atoms with E-state index >= 15 is 0 Å². The molecule has 6 heteroatoms. The van der Waals surface area contributed by atoms with Crippen LogP contribution in [0, 0.1) is 11.7 Å². The highest BCUT2D eigenvalue weighted by Gasteiger charge is 2.32. The van der Waals surface area contributed by atoms with Gasteiger partial charge in [-0.05, 0) is 55.7 Å². The minimum atomic E-state index is -1.74. The maximum absolute atomic E-state index is 14.4. The van der Waals surface area contributed by atoms with Gasteiger partial charge in [-0.15, -0.1) is 0 Å². The highest BCUT2D eigenvalue weighted by Crippen LogP contribution is 2.40. The number of benzene rings is 2. The lowest BCUT2D eigenvalue weighted by atomic mass is 10.0. The molecule has 0 radical (unpaired) electrons. The number of aliphatic carboxylic acids is 1. The maximum atomic E-state index is 14.4. The summed E-state index contributed by atoms with van der Waals surface area (Å²) in [5.41, 5.74) is 0.339. The van der Waals surface area contributed by atoms with E-state index in [1.54, 1.807) is 32.9 Å². The third kappa shape index (κ3) is 4.53. The van der Waals surface area contributed by atoms with Gasteiger partial charge in [-0.25, -0.2) is 4.39 Å². The lowest BCUT2D eigenvalue weighted by Gasteiger charge is -2.18. The van der Waals surface area contributed by atoms with E-state index in [0.29, 0.717) is 27.5 Å². The van der Waals surface area contributed by atoms with Crippen LogP contribution in [0.15, 0.2) is 30.3 Å². The van der Waals surface area contributed by atoms with E-state index in [9.17, 15) is 9.18 Å². The molecular weight excluding hydrogens is 371 g/mol. The van der Waals surface area contributed by atoms with Crippen molar-refractivity contribution in [3.8, 4) is 11.5 Å². The highest BCUT2D eigenvalue weighted by atomic mass is 35.5. The molecule has 2 aromatic carbocycles.